The summed E-state index contributed by atoms with van der Waals surface area (Å²) in [5.74, 6) is -6.11. The summed E-state index contributed by atoms with van der Waals surface area (Å²) in [6.07, 6.45) is -2.47. The van der Waals surface area contributed by atoms with Gasteiger partial charge in [0.1, 0.15) is 5.82 Å². The maximum Gasteiger partial charge on any atom is 0.383 e. The molecule has 9 heteroatoms. The number of amides is 1. The first-order valence-corrected chi connectivity index (χ1v) is 6.24. The molecule has 2 N–H and O–H groups in total. The van der Waals surface area contributed by atoms with Crippen LogP contribution < -0.4 is 10.6 Å². The Balaban J connectivity index is 1.97. The standard InChI is InChI=1S/C12H14F4N4O/c13-10(14)12(15,16)11(21)20-5-3-19(4-6-20)8-1-2-9(17)18-7-8/h1-2,7,10H,3-6H2,(H2,17,18). The van der Waals surface area contributed by atoms with Crippen molar-refractivity contribution < 1.29 is 22.4 Å². The van der Waals surface area contributed by atoms with Gasteiger partial charge in [0.2, 0.25) is 0 Å². The van der Waals surface area contributed by atoms with Crippen LogP contribution in [0.3, 0.4) is 0 Å². The van der Waals surface area contributed by atoms with Crippen molar-refractivity contribution in [2.75, 3.05) is 36.8 Å². The minimum Gasteiger partial charge on any atom is -0.384 e. The zero-order chi connectivity index (χ0) is 15.6. The smallest absolute Gasteiger partial charge is 0.383 e. The molecule has 1 saturated heterocycles. The van der Waals surface area contributed by atoms with Gasteiger partial charge >= 0.3 is 12.3 Å². The maximum atomic E-state index is 13.0. The van der Waals surface area contributed by atoms with Crippen molar-refractivity contribution in [3.63, 3.8) is 0 Å². The van der Waals surface area contributed by atoms with Crippen LogP contribution in [0.4, 0.5) is 29.1 Å². The molecule has 5 nitrogen and oxygen atoms in total. The fourth-order valence-corrected chi connectivity index (χ4v) is 2.06. The molecule has 1 amide bonds. The number of carbonyl (C=O) groups excluding carboxylic acids is 1. The molecule has 1 aromatic heterocycles. The van der Waals surface area contributed by atoms with Crippen LogP contribution in [0.25, 0.3) is 0 Å². The Morgan fingerprint density at radius 2 is 1.86 bits per heavy atom. The van der Waals surface area contributed by atoms with Crippen LogP contribution in [-0.2, 0) is 4.79 Å². The zero-order valence-electron chi connectivity index (χ0n) is 11.0. The van der Waals surface area contributed by atoms with Gasteiger partial charge in [0.25, 0.3) is 5.91 Å². The number of aromatic nitrogens is 1. The first-order chi connectivity index (χ1) is 9.82. The molecule has 0 bridgehead atoms. The van der Waals surface area contributed by atoms with Crippen molar-refractivity contribution in [1.82, 2.24) is 9.88 Å². The second-order valence-corrected chi connectivity index (χ2v) is 4.64. The van der Waals surface area contributed by atoms with Gasteiger partial charge in [0.15, 0.2) is 0 Å². The van der Waals surface area contributed by atoms with Crippen LogP contribution in [0.2, 0.25) is 0 Å². The van der Waals surface area contributed by atoms with E-state index in [4.69, 9.17) is 5.73 Å². The Kier molecular flexibility index (Phi) is 4.19. The summed E-state index contributed by atoms with van der Waals surface area (Å²) in [5, 5.41) is 0. The van der Waals surface area contributed by atoms with Gasteiger partial charge in [0, 0.05) is 26.2 Å². The number of hydrogen-bond donors (Lipinski definition) is 1. The Bertz CT molecular complexity index is 500. The lowest BCUT2D eigenvalue weighted by Gasteiger charge is -2.37. The number of halogens is 4. The maximum absolute atomic E-state index is 13.0. The van der Waals surface area contributed by atoms with Crippen LogP contribution in [0.5, 0.6) is 0 Å². The van der Waals surface area contributed by atoms with Gasteiger partial charge in [0.05, 0.1) is 11.9 Å². The normalized spacial score (nSPS) is 16.4. The fraction of sp³-hybridized carbons (Fsp3) is 0.500. The van der Waals surface area contributed by atoms with E-state index in [1.54, 1.807) is 12.1 Å². The molecule has 0 spiro atoms. The molecule has 1 fully saturated rings. The van der Waals surface area contributed by atoms with Crippen LogP contribution in [-0.4, -0.2) is 54.3 Å². The Hall–Kier alpha value is -2.06. The molecule has 2 rings (SSSR count). The second kappa shape index (κ2) is 5.74. The highest BCUT2D eigenvalue weighted by atomic mass is 19.3. The summed E-state index contributed by atoms with van der Waals surface area (Å²) < 4.78 is 50.4. The molecule has 0 radical (unpaired) electrons. The molecule has 0 atom stereocenters. The number of pyridine rings is 1. The van der Waals surface area contributed by atoms with Crippen LogP contribution >= 0.6 is 0 Å². The van der Waals surface area contributed by atoms with Crippen molar-refractivity contribution >= 4 is 17.4 Å². The summed E-state index contributed by atoms with van der Waals surface area (Å²) in [6.45, 7) is 0.421. The largest absolute Gasteiger partial charge is 0.384 e. The molecule has 1 aromatic rings. The van der Waals surface area contributed by atoms with E-state index in [0.717, 1.165) is 10.6 Å². The predicted molar refractivity (Wildman–Crippen MR) is 68.4 cm³/mol. The number of piperazine rings is 1. The Labute approximate surface area is 118 Å². The van der Waals surface area contributed by atoms with Crippen molar-refractivity contribution in [3.8, 4) is 0 Å². The summed E-state index contributed by atoms with van der Waals surface area (Å²) in [7, 11) is 0. The van der Waals surface area contributed by atoms with Gasteiger partial charge in [-0.3, -0.25) is 4.79 Å². The van der Waals surface area contributed by atoms with Gasteiger partial charge in [-0.2, -0.15) is 8.78 Å². The first-order valence-electron chi connectivity index (χ1n) is 6.24. The van der Waals surface area contributed by atoms with E-state index in [1.807, 2.05) is 4.90 Å². The summed E-state index contributed by atoms with van der Waals surface area (Å²) in [4.78, 5) is 17.9. The lowest BCUT2D eigenvalue weighted by atomic mass is 10.2. The van der Waals surface area contributed by atoms with Gasteiger partial charge in [-0.05, 0) is 12.1 Å². The average Bonchev–Trinajstić information content (AvgIpc) is 2.47. The second-order valence-electron chi connectivity index (χ2n) is 4.64. The molecule has 1 aliphatic rings. The summed E-state index contributed by atoms with van der Waals surface area (Å²) in [6, 6.07) is 3.31. The molecule has 2 heterocycles. The van der Waals surface area contributed by atoms with Crippen molar-refractivity contribution in [3.05, 3.63) is 18.3 Å². The highest BCUT2D eigenvalue weighted by molar-refractivity contribution is 5.84. The molecule has 0 aromatic carbocycles. The number of nitrogens with two attached hydrogens (primary N) is 1. The third kappa shape index (κ3) is 3.17. The van der Waals surface area contributed by atoms with Gasteiger partial charge in [-0.15, -0.1) is 0 Å². The number of nitrogen functional groups attached to an aromatic ring is 1. The number of anilines is 2. The van der Waals surface area contributed by atoms with Crippen molar-refractivity contribution in [2.45, 2.75) is 12.3 Å². The minimum atomic E-state index is -4.63. The molecule has 0 unspecified atom stereocenters. The first kappa shape index (κ1) is 15.3. The fourth-order valence-electron chi connectivity index (χ4n) is 2.06. The zero-order valence-corrected chi connectivity index (χ0v) is 11.0. The lowest BCUT2D eigenvalue weighted by Crippen LogP contribution is -2.55. The predicted octanol–water partition coefficient (Wildman–Crippen LogP) is 1.21. The van der Waals surface area contributed by atoms with Gasteiger partial charge in [-0.25, -0.2) is 13.8 Å². The van der Waals surface area contributed by atoms with Gasteiger partial charge in [-0.1, -0.05) is 0 Å². The third-order valence-corrected chi connectivity index (χ3v) is 3.26. The average molecular weight is 306 g/mol. The number of alkyl halides is 4. The Morgan fingerprint density at radius 1 is 1.24 bits per heavy atom. The number of carbonyl (C=O) groups is 1. The van der Waals surface area contributed by atoms with E-state index >= 15 is 0 Å². The van der Waals surface area contributed by atoms with E-state index in [0.29, 0.717) is 5.82 Å². The molecule has 0 saturated carbocycles. The topological polar surface area (TPSA) is 62.5 Å². The number of hydrogen-bond acceptors (Lipinski definition) is 4. The highest BCUT2D eigenvalue weighted by Gasteiger charge is 2.51. The molecular formula is C12H14F4N4O. The molecular weight excluding hydrogens is 292 g/mol. The Morgan fingerprint density at radius 3 is 2.33 bits per heavy atom. The van der Waals surface area contributed by atoms with E-state index < -0.39 is 18.3 Å². The molecule has 116 valence electrons. The third-order valence-electron chi connectivity index (χ3n) is 3.26. The molecule has 0 aliphatic carbocycles. The van der Waals surface area contributed by atoms with E-state index in [1.165, 1.54) is 6.20 Å². The van der Waals surface area contributed by atoms with Crippen molar-refractivity contribution in [2.24, 2.45) is 0 Å². The van der Waals surface area contributed by atoms with Crippen molar-refractivity contribution in [1.29, 1.82) is 0 Å². The quantitative estimate of drug-likeness (QED) is 0.853. The van der Waals surface area contributed by atoms with Crippen LogP contribution in [0, 0.1) is 0 Å². The SMILES string of the molecule is Nc1ccc(N2CCN(C(=O)C(F)(F)C(F)F)CC2)cn1. The molecule has 21 heavy (non-hydrogen) atoms. The monoisotopic (exact) mass is 306 g/mol. The highest BCUT2D eigenvalue weighted by Crippen LogP contribution is 2.26. The minimum absolute atomic E-state index is 0.0501. The van der Waals surface area contributed by atoms with Gasteiger partial charge < -0.3 is 15.5 Å². The van der Waals surface area contributed by atoms with Crippen LogP contribution in [0.1, 0.15) is 0 Å². The summed E-state index contributed by atoms with van der Waals surface area (Å²) in [5.41, 5.74) is 6.19. The van der Waals surface area contributed by atoms with E-state index in [9.17, 15) is 22.4 Å². The van der Waals surface area contributed by atoms with Crippen LogP contribution in [0.15, 0.2) is 18.3 Å². The summed E-state index contributed by atoms with van der Waals surface area (Å²) >= 11 is 0. The number of nitrogens with zero attached hydrogens (tertiary/aromatic N) is 3. The molecule has 1 aliphatic heterocycles. The van der Waals surface area contributed by atoms with E-state index in [-0.39, 0.29) is 26.2 Å². The lowest BCUT2D eigenvalue weighted by molar-refractivity contribution is -0.180. The van der Waals surface area contributed by atoms with E-state index in [2.05, 4.69) is 4.98 Å². The number of rotatable bonds is 3.